The Bertz CT molecular complexity index is 804. The zero-order valence-electron chi connectivity index (χ0n) is 12.1. The Morgan fingerprint density at radius 1 is 0.636 bits per heavy atom. The van der Waals surface area contributed by atoms with Gasteiger partial charge in [-0.2, -0.15) is 0 Å². The van der Waals surface area contributed by atoms with E-state index in [1.54, 1.807) is 0 Å². The number of rotatable bonds is 3. The summed E-state index contributed by atoms with van der Waals surface area (Å²) in [6.07, 6.45) is 2.18. The van der Waals surface area contributed by atoms with Crippen LogP contribution in [0, 0.1) is 0 Å². The number of fused-ring (bicyclic) bond motifs is 1. The first-order valence-corrected chi connectivity index (χ1v) is 7.50. The van der Waals surface area contributed by atoms with Gasteiger partial charge in [-0.05, 0) is 34.9 Å². The van der Waals surface area contributed by atoms with Gasteiger partial charge in [-0.1, -0.05) is 72.8 Å². The number of hydrogen-bond donors (Lipinski definition) is 0. The molecule has 22 heavy (non-hydrogen) atoms. The molecule has 1 aliphatic rings. The van der Waals surface area contributed by atoms with E-state index in [4.69, 9.17) is 4.74 Å². The maximum Gasteiger partial charge on any atom is 0.143 e. The second kappa shape index (κ2) is 5.53. The van der Waals surface area contributed by atoms with Crippen LogP contribution in [0.1, 0.15) is 22.8 Å². The molecular weight excluding hydrogens is 268 g/mol. The topological polar surface area (TPSA) is 9.23 Å². The Balaban J connectivity index is 1.75. The highest BCUT2D eigenvalue weighted by atomic mass is 16.5. The van der Waals surface area contributed by atoms with E-state index in [9.17, 15) is 0 Å². The van der Waals surface area contributed by atoms with Crippen molar-refractivity contribution in [2.75, 3.05) is 0 Å². The average molecular weight is 284 g/mol. The molecule has 1 atom stereocenters. The highest BCUT2D eigenvalue weighted by Gasteiger charge is 2.25. The van der Waals surface area contributed by atoms with Gasteiger partial charge in [-0.25, -0.2) is 0 Å². The Kier molecular flexibility index (Phi) is 3.24. The lowest BCUT2D eigenvalue weighted by Gasteiger charge is -2.13. The maximum atomic E-state index is 6.18. The van der Waals surface area contributed by atoms with E-state index in [0.29, 0.717) is 0 Å². The summed E-state index contributed by atoms with van der Waals surface area (Å²) in [6.45, 7) is 0. The van der Waals surface area contributed by atoms with Crippen molar-refractivity contribution in [3.05, 3.63) is 108 Å². The van der Waals surface area contributed by atoms with Crippen LogP contribution in [0.3, 0.4) is 0 Å². The van der Waals surface area contributed by atoms with E-state index in [1.807, 2.05) is 36.4 Å². The van der Waals surface area contributed by atoms with Gasteiger partial charge in [-0.15, -0.1) is 0 Å². The summed E-state index contributed by atoms with van der Waals surface area (Å²) in [6, 6.07) is 28.9. The molecule has 4 rings (SSSR count). The van der Waals surface area contributed by atoms with Crippen molar-refractivity contribution in [3.8, 4) is 5.75 Å². The first kappa shape index (κ1) is 12.9. The number of hydrogen-bond acceptors (Lipinski definition) is 1. The highest BCUT2D eigenvalue weighted by molar-refractivity contribution is 5.85. The second-order valence-electron chi connectivity index (χ2n) is 5.39. The molecule has 0 radical (unpaired) electrons. The van der Waals surface area contributed by atoms with Crippen LogP contribution in [0.4, 0.5) is 0 Å². The van der Waals surface area contributed by atoms with Gasteiger partial charge < -0.3 is 4.74 Å². The fraction of sp³-hybridized carbons (Fsp3) is 0.0476. The number of para-hydroxylation sites is 1. The first-order chi connectivity index (χ1) is 10.9. The molecule has 0 N–H and O–H groups in total. The molecule has 0 aromatic heterocycles. The third-order valence-electron chi connectivity index (χ3n) is 3.97. The van der Waals surface area contributed by atoms with Crippen LogP contribution in [-0.4, -0.2) is 0 Å². The van der Waals surface area contributed by atoms with Gasteiger partial charge in [0, 0.05) is 5.56 Å². The maximum absolute atomic E-state index is 6.18. The van der Waals surface area contributed by atoms with Gasteiger partial charge in [0.25, 0.3) is 0 Å². The summed E-state index contributed by atoms with van der Waals surface area (Å²) in [5.74, 6) is 0.896. The van der Waals surface area contributed by atoms with Crippen molar-refractivity contribution in [1.29, 1.82) is 0 Å². The average Bonchev–Trinajstić information content (AvgIpc) is 2.96. The Hall–Kier alpha value is -2.80. The van der Waals surface area contributed by atoms with E-state index in [0.717, 1.165) is 5.75 Å². The summed E-state index contributed by atoms with van der Waals surface area (Å²) >= 11 is 0. The Morgan fingerprint density at radius 3 is 2.05 bits per heavy atom. The van der Waals surface area contributed by atoms with Gasteiger partial charge in [-0.3, -0.25) is 0 Å². The number of ether oxygens (including phenoxy) is 1. The molecular formula is C21H16O. The lowest BCUT2D eigenvalue weighted by Crippen LogP contribution is -2.02. The summed E-state index contributed by atoms with van der Waals surface area (Å²) in [5.41, 5.74) is 4.96. The van der Waals surface area contributed by atoms with Crippen molar-refractivity contribution in [1.82, 2.24) is 0 Å². The fourth-order valence-electron chi connectivity index (χ4n) is 2.93. The zero-order chi connectivity index (χ0) is 14.8. The van der Waals surface area contributed by atoms with E-state index >= 15 is 0 Å². The molecule has 0 spiro atoms. The van der Waals surface area contributed by atoms with Gasteiger partial charge in [0.1, 0.15) is 11.9 Å². The molecule has 1 nitrogen and oxygen atoms in total. The van der Waals surface area contributed by atoms with E-state index in [1.165, 1.54) is 22.3 Å². The third-order valence-corrected chi connectivity index (χ3v) is 3.97. The molecule has 3 aromatic rings. The normalized spacial score (nSPS) is 16.0. The molecule has 0 saturated heterocycles. The smallest absolute Gasteiger partial charge is 0.143 e. The van der Waals surface area contributed by atoms with Gasteiger partial charge in [0.05, 0.1) is 0 Å². The van der Waals surface area contributed by atoms with E-state index in [-0.39, 0.29) is 6.10 Å². The van der Waals surface area contributed by atoms with Crippen molar-refractivity contribution in [2.45, 2.75) is 6.10 Å². The molecule has 0 amide bonds. The molecule has 3 aromatic carbocycles. The molecule has 0 aliphatic heterocycles. The van der Waals surface area contributed by atoms with Gasteiger partial charge >= 0.3 is 0 Å². The Labute approximate surface area is 130 Å². The molecule has 106 valence electrons. The molecule has 0 fully saturated rings. The minimum atomic E-state index is -0.0335. The predicted octanol–water partition coefficient (Wildman–Crippen LogP) is 5.25. The minimum absolute atomic E-state index is 0.0335. The van der Waals surface area contributed by atoms with Crippen LogP contribution in [0.15, 0.2) is 91.0 Å². The monoisotopic (exact) mass is 284 g/mol. The summed E-state index contributed by atoms with van der Waals surface area (Å²) in [4.78, 5) is 0. The van der Waals surface area contributed by atoms with Crippen LogP contribution >= 0.6 is 0 Å². The number of benzene rings is 3. The van der Waals surface area contributed by atoms with Crippen LogP contribution in [0.5, 0.6) is 5.75 Å². The van der Waals surface area contributed by atoms with Gasteiger partial charge in [0.15, 0.2) is 0 Å². The van der Waals surface area contributed by atoms with Crippen LogP contribution in [0.2, 0.25) is 0 Å². The Morgan fingerprint density at radius 2 is 1.27 bits per heavy atom. The SMILES string of the molecule is C1=C(c2ccccc2)c2ccccc2[C@@H]1Oc1ccccc1. The predicted molar refractivity (Wildman–Crippen MR) is 89.8 cm³/mol. The quantitative estimate of drug-likeness (QED) is 0.638. The lowest BCUT2D eigenvalue weighted by molar-refractivity contribution is 0.259. The van der Waals surface area contributed by atoms with Crippen molar-refractivity contribution in [2.24, 2.45) is 0 Å². The van der Waals surface area contributed by atoms with Crippen LogP contribution < -0.4 is 4.74 Å². The third kappa shape index (κ3) is 2.31. The fourth-order valence-corrected chi connectivity index (χ4v) is 2.93. The summed E-state index contributed by atoms with van der Waals surface area (Å²) in [5, 5.41) is 0. The molecule has 1 aliphatic carbocycles. The van der Waals surface area contributed by atoms with Crippen molar-refractivity contribution < 1.29 is 4.74 Å². The highest BCUT2D eigenvalue weighted by Crippen LogP contribution is 2.40. The molecule has 0 heterocycles. The molecule has 1 heteroatoms. The molecule has 0 bridgehead atoms. The van der Waals surface area contributed by atoms with Crippen LogP contribution in [-0.2, 0) is 0 Å². The van der Waals surface area contributed by atoms with E-state index in [2.05, 4.69) is 54.6 Å². The summed E-state index contributed by atoms with van der Waals surface area (Å²) in [7, 11) is 0. The minimum Gasteiger partial charge on any atom is -0.482 e. The van der Waals surface area contributed by atoms with Crippen molar-refractivity contribution in [3.63, 3.8) is 0 Å². The van der Waals surface area contributed by atoms with E-state index < -0.39 is 0 Å². The van der Waals surface area contributed by atoms with Crippen LogP contribution in [0.25, 0.3) is 5.57 Å². The largest absolute Gasteiger partial charge is 0.482 e. The zero-order valence-corrected chi connectivity index (χ0v) is 12.1. The summed E-state index contributed by atoms with van der Waals surface area (Å²) < 4.78 is 6.18. The second-order valence-corrected chi connectivity index (χ2v) is 5.39. The lowest BCUT2D eigenvalue weighted by atomic mass is 9.99. The molecule has 0 saturated carbocycles. The van der Waals surface area contributed by atoms with Crippen molar-refractivity contribution >= 4 is 5.57 Å². The standard InChI is InChI=1S/C21H16O/c1-3-9-16(10-4-1)20-15-21(19-14-8-7-13-18(19)20)22-17-11-5-2-6-12-17/h1-15,21H/t21-/m1/s1. The first-order valence-electron chi connectivity index (χ1n) is 7.50. The van der Waals surface area contributed by atoms with Gasteiger partial charge in [0.2, 0.25) is 0 Å². The molecule has 0 unspecified atom stereocenters.